The number of carbonyl (C=O) groups is 2. The quantitative estimate of drug-likeness (QED) is 0.911. The topological polar surface area (TPSA) is 72.6 Å². The van der Waals surface area contributed by atoms with Crippen LogP contribution in [0.3, 0.4) is 0 Å². The van der Waals surface area contributed by atoms with Crippen molar-refractivity contribution in [1.29, 1.82) is 0 Å². The summed E-state index contributed by atoms with van der Waals surface area (Å²) in [6.07, 6.45) is 3.17. The number of piperidine rings is 1. The Morgan fingerprint density at radius 3 is 2.50 bits per heavy atom. The number of hydrogen-bond acceptors (Lipinski definition) is 3. The fourth-order valence-electron chi connectivity index (χ4n) is 2.44. The molecule has 0 aromatic heterocycles. The van der Waals surface area contributed by atoms with Gasteiger partial charge in [-0.15, -0.1) is 0 Å². The first-order valence-corrected chi connectivity index (χ1v) is 6.99. The van der Waals surface area contributed by atoms with Crippen molar-refractivity contribution in [2.24, 2.45) is 5.73 Å². The summed E-state index contributed by atoms with van der Waals surface area (Å²) in [7, 11) is 0. The summed E-state index contributed by atoms with van der Waals surface area (Å²) in [4.78, 5) is 25.8. The minimum absolute atomic E-state index is 0.124. The van der Waals surface area contributed by atoms with Crippen molar-refractivity contribution in [3.63, 3.8) is 0 Å². The predicted octanol–water partition coefficient (Wildman–Crippen LogP) is 1.81. The van der Waals surface area contributed by atoms with Crippen LogP contribution in [0.15, 0.2) is 18.2 Å². The van der Waals surface area contributed by atoms with Gasteiger partial charge in [0, 0.05) is 13.1 Å². The number of carbonyl (C=O) groups excluding carboxylic acids is 2. The monoisotopic (exact) mass is 276 g/mol. The molecule has 2 amide bonds. The molecule has 20 heavy (non-hydrogen) atoms. The van der Waals surface area contributed by atoms with Crippen LogP contribution in [-0.2, 0) is 0 Å². The van der Waals surface area contributed by atoms with E-state index in [-0.39, 0.29) is 11.5 Å². The normalized spacial score (nSPS) is 14.9. The molecule has 0 unspecified atom stereocenters. The maximum Gasteiger partial charge on any atom is 0.254 e. The van der Waals surface area contributed by atoms with E-state index in [9.17, 15) is 9.59 Å². The molecule has 1 fully saturated rings. The number of benzene rings is 1. The van der Waals surface area contributed by atoms with Gasteiger partial charge >= 0.3 is 0 Å². The molecule has 5 heteroatoms. The zero-order valence-electron chi connectivity index (χ0n) is 11.7. The van der Waals surface area contributed by atoms with Crippen LogP contribution in [0.5, 0.6) is 5.75 Å². The summed E-state index contributed by atoms with van der Waals surface area (Å²) in [6.45, 7) is 3.84. The second-order valence-electron chi connectivity index (χ2n) is 4.86. The van der Waals surface area contributed by atoms with Gasteiger partial charge < -0.3 is 15.4 Å². The van der Waals surface area contributed by atoms with Gasteiger partial charge in [-0.1, -0.05) is 0 Å². The highest BCUT2D eigenvalue weighted by molar-refractivity contribution is 6.07. The molecule has 1 aliphatic rings. The van der Waals surface area contributed by atoms with Crippen LogP contribution in [0.25, 0.3) is 0 Å². The first-order valence-electron chi connectivity index (χ1n) is 6.99. The second-order valence-corrected chi connectivity index (χ2v) is 4.86. The molecule has 1 aliphatic heterocycles. The molecule has 0 radical (unpaired) electrons. The largest absolute Gasteiger partial charge is 0.494 e. The lowest BCUT2D eigenvalue weighted by Gasteiger charge is -2.27. The Morgan fingerprint density at radius 2 is 1.90 bits per heavy atom. The van der Waals surface area contributed by atoms with E-state index in [4.69, 9.17) is 10.5 Å². The Morgan fingerprint density at radius 1 is 1.20 bits per heavy atom. The average molecular weight is 276 g/mol. The molecule has 0 bridgehead atoms. The molecule has 1 heterocycles. The first-order chi connectivity index (χ1) is 9.63. The summed E-state index contributed by atoms with van der Waals surface area (Å²) in [5.74, 6) is -0.176. The number of amides is 2. The summed E-state index contributed by atoms with van der Waals surface area (Å²) in [5.41, 5.74) is 5.97. The van der Waals surface area contributed by atoms with Crippen LogP contribution in [0.1, 0.15) is 46.9 Å². The molecular formula is C15H20N2O3. The minimum atomic E-state index is -0.605. The molecule has 108 valence electrons. The Labute approximate surface area is 118 Å². The van der Waals surface area contributed by atoms with Crippen LogP contribution in [0, 0.1) is 0 Å². The van der Waals surface area contributed by atoms with Crippen LogP contribution >= 0.6 is 0 Å². The van der Waals surface area contributed by atoms with Crippen LogP contribution in [0.4, 0.5) is 0 Å². The Balaban J connectivity index is 2.29. The van der Waals surface area contributed by atoms with Gasteiger partial charge in [-0.25, -0.2) is 0 Å². The molecule has 1 saturated heterocycles. The standard InChI is InChI=1S/C15H20N2O3/c1-2-20-11-6-7-12(13(10-11)14(16)18)15(19)17-8-4-3-5-9-17/h6-7,10H,2-5,8-9H2,1H3,(H2,16,18). The van der Waals surface area contributed by atoms with Gasteiger partial charge in [0.25, 0.3) is 5.91 Å². The summed E-state index contributed by atoms with van der Waals surface area (Å²) in [6, 6.07) is 4.87. The van der Waals surface area contributed by atoms with Crippen molar-refractivity contribution in [1.82, 2.24) is 4.90 Å². The van der Waals surface area contributed by atoms with Gasteiger partial charge in [0.15, 0.2) is 0 Å². The number of ether oxygens (including phenoxy) is 1. The van der Waals surface area contributed by atoms with E-state index in [1.807, 2.05) is 6.92 Å². The number of likely N-dealkylation sites (tertiary alicyclic amines) is 1. The first kappa shape index (κ1) is 14.4. The molecule has 2 N–H and O–H groups in total. The third-order valence-corrected chi connectivity index (χ3v) is 3.44. The lowest BCUT2D eigenvalue weighted by molar-refractivity contribution is 0.0719. The predicted molar refractivity (Wildman–Crippen MR) is 75.9 cm³/mol. The van der Waals surface area contributed by atoms with Gasteiger partial charge in [0.05, 0.1) is 17.7 Å². The molecule has 0 atom stereocenters. The highest BCUT2D eigenvalue weighted by atomic mass is 16.5. The zero-order valence-corrected chi connectivity index (χ0v) is 11.7. The molecule has 0 saturated carbocycles. The lowest BCUT2D eigenvalue weighted by Crippen LogP contribution is -2.36. The Kier molecular flexibility index (Phi) is 4.61. The zero-order chi connectivity index (χ0) is 14.5. The summed E-state index contributed by atoms with van der Waals surface area (Å²) in [5, 5.41) is 0. The Bertz CT molecular complexity index is 508. The highest BCUT2D eigenvalue weighted by Gasteiger charge is 2.22. The van der Waals surface area contributed by atoms with Gasteiger partial charge in [-0.2, -0.15) is 0 Å². The van der Waals surface area contributed by atoms with Gasteiger partial charge in [0.1, 0.15) is 5.75 Å². The van der Waals surface area contributed by atoms with E-state index in [0.717, 1.165) is 32.4 Å². The second kappa shape index (κ2) is 6.41. The van der Waals surface area contributed by atoms with E-state index < -0.39 is 5.91 Å². The fourth-order valence-corrected chi connectivity index (χ4v) is 2.44. The van der Waals surface area contributed by atoms with Crippen molar-refractivity contribution >= 4 is 11.8 Å². The average Bonchev–Trinajstić information content (AvgIpc) is 2.47. The number of hydrogen-bond donors (Lipinski definition) is 1. The summed E-state index contributed by atoms with van der Waals surface area (Å²) < 4.78 is 5.34. The molecule has 0 aliphatic carbocycles. The number of primary amides is 1. The third-order valence-electron chi connectivity index (χ3n) is 3.44. The van der Waals surface area contributed by atoms with Crippen LogP contribution in [0.2, 0.25) is 0 Å². The maximum atomic E-state index is 12.5. The van der Waals surface area contributed by atoms with Crippen molar-refractivity contribution in [2.45, 2.75) is 26.2 Å². The molecular weight excluding hydrogens is 256 g/mol. The van der Waals surface area contributed by atoms with E-state index in [2.05, 4.69) is 0 Å². The number of rotatable bonds is 4. The smallest absolute Gasteiger partial charge is 0.254 e. The van der Waals surface area contributed by atoms with Gasteiger partial charge in [0.2, 0.25) is 5.91 Å². The molecule has 5 nitrogen and oxygen atoms in total. The highest BCUT2D eigenvalue weighted by Crippen LogP contribution is 2.21. The van der Waals surface area contributed by atoms with E-state index in [1.165, 1.54) is 0 Å². The third kappa shape index (κ3) is 3.10. The maximum absolute atomic E-state index is 12.5. The van der Waals surface area contributed by atoms with E-state index in [0.29, 0.717) is 17.9 Å². The van der Waals surface area contributed by atoms with Crippen molar-refractivity contribution < 1.29 is 14.3 Å². The van der Waals surface area contributed by atoms with Crippen molar-refractivity contribution in [3.8, 4) is 5.75 Å². The van der Waals surface area contributed by atoms with Crippen molar-refractivity contribution in [2.75, 3.05) is 19.7 Å². The van der Waals surface area contributed by atoms with E-state index >= 15 is 0 Å². The Hall–Kier alpha value is -2.04. The molecule has 1 aromatic carbocycles. The van der Waals surface area contributed by atoms with Gasteiger partial charge in [-0.05, 0) is 44.4 Å². The van der Waals surface area contributed by atoms with Crippen LogP contribution < -0.4 is 10.5 Å². The minimum Gasteiger partial charge on any atom is -0.494 e. The van der Waals surface area contributed by atoms with Crippen molar-refractivity contribution in [3.05, 3.63) is 29.3 Å². The molecule has 2 rings (SSSR count). The fraction of sp³-hybridized carbons (Fsp3) is 0.467. The molecule has 1 aromatic rings. The van der Waals surface area contributed by atoms with Crippen LogP contribution in [-0.4, -0.2) is 36.4 Å². The number of nitrogens with zero attached hydrogens (tertiary/aromatic N) is 1. The van der Waals surface area contributed by atoms with Gasteiger partial charge in [-0.3, -0.25) is 9.59 Å². The summed E-state index contributed by atoms with van der Waals surface area (Å²) >= 11 is 0. The SMILES string of the molecule is CCOc1ccc(C(=O)N2CCCCC2)c(C(N)=O)c1. The van der Waals surface area contributed by atoms with E-state index in [1.54, 1.807) is 23.1 Å². The molecule has 0 spiro atoms. The lowest BCUT2D eigenvalue weighted by atomic mass is 10.0. The number of nitrogens with two attached hydrogens (primary N) is 1.